The molecule has 1 unspecified atom stereocenters. The first-order valence-corrected chi connectivity index (χ1v) is 6.58. The molecule has 2 aliphatic rings. The second kappa shape index (κ2) is 6.38. The molecule has 0 fully saturated rings. The highest BCUT2D eigenvalue weighted by molar-refractivity contribution is 6.51. The van der Waals surface area contributed by atoms with Crippen molar-refractivity contribution in [2.75, 3.05) is 6.61 Å². The van der Waals surface area contributed by atoms with Crippen molar-refractivity contribution in [2.45, 2.75) is 19.0 Å². The van der Waals surface area contributed by atoms with Gasteiger partial charge < -0.3 is 16.6 Å². The Morgan fingerprint density at radius 1 is 1.24 bits per heavy atom. The van der Waals surface area contributed by atoms with Crippen molar-refractivity contribution in [3.05, 3.63) is 35.9 Å². The van der Waals surface area contributed by atoms with Crippen molar-refractivity contribution < 1.29 is 5.11 Å². The van der Waals surface area contributed by atoms with Crippen LogP contribution in [0.3, 0.4) is 0 Å². The molecule has 0 saturated carbocycles. The van der Waals surface area contributed by atoms with Gasteiger partial charge in [-0.2, -0.15) is 4.99 Å². The molecule has 21 heavy (non-hydrogen) atoms. The van der Waals surface area contributed by atoms with E-state index in [0.717, 1.165) is 5.56 Å². The van der Waals surface area contributed by atoms with Crippen molar-refractivity contribution in [1.82, 2.24) is 0 Å². The SMILES string of the molecule is CCO.NC1=NC(N)(Cc2ccccc2)C2=NC=NC2=N1. The molecule has 1 aromatic rings. The van der Waals surface area contributed by atoms with Gasteiger partial charge in [-0.25, -0.2) is 15.0 Å². The summed E-state index contributed by atoms with van der Waals surface area (Å²) in [6.07, 6.45) is 1.94. The molecular weight excluding hydrogens is 268 g/mol. The highest BCUT2D eigenvalue weighted by Gasteiger charge is 2.39. The Morgan fingerprint density at radius 2 is 1.90 bits per heavy atom. The van der Waals surface area contributed by atoms with E-state index in [1.165, 1.54) is 6.34 Å². The van der Waals surface area contributed by atoms with E-state index >= 15 is 0 Å². The third-order valence-electron chi connectivity index (χ3n) is 2.84. The summed E-state index contributed by atoms with van der Waals surface area (Å²) >= 11 is 0. The molecule has 7 heteroatoms. The van der Waals surface area contributed by atoms with Crippen molar-refractivity contribution in [3.8, 4) is 0 Å². The molecule has 1 atom stereocenters. The van der Waals surface area contributed by atoms with Crippen LogP contribution in [0.15, 0.2) is 50.3 Å². The Kier molecular flexibility index (Phi) is 4.56. The van der Waals surface area contributed by atoms with E-state index in [4.69, 9.17) is 16.6 Å². The number of aliphatic hydroxyl groups is 1. The first kappa shape index (κ1) is 15.0. The van der Waals surface area contributed by atoms with E-state index < -0.39 is 5.66 Å². The van der Waals surface area contributed by atoms with Crippen LogP contribution < -0.4 is 11.5 Å². The normalized spacial score (nSPS) is 22.5. The standard InChI is InChI=1S/C12H12N6.C2H6O/c13-11-17-10-9(15-7-16-10)12(14,18-11)6-8-4-2-1-3-5-8;1-2-3/h1-5,7H,6,14H2,(H2,13,18);3H,2H2,1H3. The largest absolute Gasteiger partial charge is 0.397 e. The Hall–Kier alpha value is -2.38. The predicted octanol–water partition coefficient (Wildman–Crippen LogP) is 0.0924. The summed E-state index contributed by atoms with van der Waals surface area (Å²) in [6.45, 7) is 1.93. The number of nitrogens with zero attached hydrogens (tertiary/aromatic N) is 4. The van der Waals surface area contributed by atoms with Gasteiger partial charge in [-0.1, -0.05) is 30.3 Å². The van der Waals surface area contributed by atoms with Crippen molar-refractivity contribution in [2.24, 2.45) is 31.4 Å². The molecule has 3 rings (SSSR count). The number of aliphatic imine (C=N–C) groups is 4. The number of fused-ring (bicyclic) bond motifs is 1. The van der Waals surface area contributed by atoms with E-state index in [9.17, 15) is 0 Å². The van der Waals surface area contributed by atoms with E-state index in [-0.39, 0.29) is 12.6 Å². The third kappa shape index (κ3) is 3.39. The van der Waals surface area contributed by atoms with E-state index in [1.54, 1.807) is 6.92 Å². The zero-order valence-corrected chi connectivity index (χ0v) is 11.8. The number of hydrogen-bond donors (Lipinski definition) is 3. The highest BCUT2D eigenvalue weighted by Crippen LogP contribution is 2.20. The molecule has 0 amide bonds. The highest BCUT2D eigenvalue weighted by atomic mass is 16.2. The van der Waals surface area contributed by atoms with Crippen LogP contribution in [0.2, 0.25) is 0 Å². The summed E-state index contributed by atoms with van der Waals surface area (Å²) < 4.78 is 0. The minimum atomic E-state index is -0.987. The summed E-state index contributed by atoms with van der Waals surface area (Å²) in [5.41, 5.74) is 12.6. The second-order valence-corrected chi connectivity index (χ2v) is 4.53. The van der Waals surface area contributed by atoms with Crippen LogP contribution in [-0.4, -0.2) is 41.2 Å². The number of guanidine groups is 1. The second-order valence-electron chi connectivity index (χ2n) is 4.53. The van der Waals surface area contributed by atoms with Gasteiger partial charge in [0.15, 0.2) is 11.5 Å². The van der Waals surface area contributed by atoms with Gasteiger partial charge in [0.1, 0.15) is 12.1 Å². The Labute approximate surface area is 122 Å². The average Bonchev–Trinajstić information content (AvgIpc) is 2.89. The monoisotopic (exact) mass is 286 g/mol. The maximum Gasteiger partial charge on any atom is 0.219 e. The summed E-state index contributed by atoms with van der Waals surface area (Å²) in [4.78, 5) is 16.4. The lowest BCUT2D eigenvalue weighted by molar-refractivity contribution is 0.318. The molecule has 0 radical (unpaired) electrons. The molecule has 0 bridgehead atoms. The summed E-state index contributed by atoms with van der Waals surface area (Å²) in [6, 6.07) is 9.84. The molecule has 1 aromatic carbocycles. The van der Waals surface area contributed by atoms with Crippen LogP contribution in [0.4, 0.5) is 0 Å². The van der Waals surface area contributed by atoms with Crippen molar-refractivity contribution in [1.29, 1.82) is 0 Å². The number of rotatable bonds is 2. The molecule has 2 aliphatic heterocycles. The van der Waals surface area contributed by atoms with Gasteiger partial charge >= 0.3 is 0 Å². The van der Waals surface area contributed by atoms with Gasteiger partial charge in [0.2, 0.25) is 5.96 Å². The van der Waals surface area contributed by atoms with Gasteiger partial charge in [0, 0.05) is 13.0 Å². The van der Waals surface area contributed by atoms with Crippen LogP contribution in [0, 0.1) is 0 Å². The Morgan fingerprint density at radius 3 is 2.57 bits per heavy atom. The van der Waals surface area contributed by atoms with Gasteiger partial charge in [0.05, 0.1) is 0 Å². The fourth-order valence-electron chi connectivity index (χ4n) is 2.07. The van der Waals surface area contributed by atoms with Crippen molar-refractivity contribution >= 4 is 23.8 Å². The number of amidine groups is 1. The van der Waals surface area contributed by atoms with E-state index in [1.807, 2.05) is 30.3 Å². The first-order chi connectivity index (χ1) is 10.1. The lowest BCUT2D eigenvalue weighted by Crippen LogP contribution is -2.53. The Bertz CT molecular complexity index is 620. The molecule has 5 N–H and O–H groups in total. The fourth-order valence-corrected chi connectivity index (χ4v) is 2.07. The summed E-state index contributed by atoms with van der Waals surface area (Å²) in [5.74, 6) is 0.599. The van der Waals surface area contributed by atoms with Crippen LogP contribution in [0.1, 0.15) is 12.5 Å². The van der Waals surface area contributed by atoms with Crippen LogP contribution in [0.5, 0.6) is 0 Å². The van der Waals surface area contributed by atoms with Gasteiger partial charge in [-0.15, -0.1) is 0 Å². The lowest BCUT2D eigenvalue weighted by Gasteiger charge is -2.27. The van der Waals surface area contributed by atoms with Crippen LogP contribution >= 0.6 is 0 Å². The van der Waals surface area contributed by atoms with Crippen LogP contribution in [0.25, 0.3) is 0 Å². The molecule has 7 nitrogen and oxygen atoms in total. The molecule has 0 spiro atoms. The smallest absolute Gasteiger partial charge is 0.219 e. The minimum absolute atomic E-state index is 0.140. The molecule has 110 valence electrons. The quantitative estimate of drug-likeness (QED) is 0.714. The summed E-state index contributed by atoms with van der Waals surface area (Å²) in [7, 11) is 0. The molecule has 0 aliphatic carbocycles. The lowest BCUT2D eigenvalue weighted by atomic mass is 9.94. The average molecular weight is 286 g/mol. The van der Waals surface area contributed by atoms with Gasteiger partial charge in [-0.3, -0.25) is 0 Å². The number of benzene rings is 1. The maximum atomic E-state index is 7.57. The zero-order chi connectivity index (χ0) is 15.3. The van der Waals surface area contributed by atoms with Crippen molar-refractivity contribution in [3.63, 3.8) is 0 Å². The van der Waals surface area contributed by atoms with Gasteiger partial charge in [0.25, 0.3) is 0 Å². The van der Waals surface area contributed by atoms with E-state index in [2.05, 4.69) is 20.0 Å². The minimum Gasteiger partial charge on any atom is -0.397 e. The predicted molar refractivity (Wildman–Crippen MR) is 84.8 cm³/mol. The molecular formula is C14H18N6O. The molecule has 0 saturated heterocycles. The Balaban J connectivity index is 0.000000497. The van der Waals surface area contributed by atoms with Gasteiger partial charge in [-0.05, 0) is 12.5 Å². The van der Waals surface area contributed by atoms with E-state index in [0.29, 0.717) is 18.0 Å². The third-order valence-corrected chi connectivity index (χ3v) is 2.84. The zero-order valence-electron chi connectivity index (χ0n) is 11.8. The fraction of sp³-hybridized carbons (Fsp3) is 0.286. The van der Waals surface area contributed by atoms with Crippen LogP contribution in [-0.2, 0) is 6.42 Å². The number of aliphatic hydroxyl groups excluding tert-OH is 1. The maximum absolute atomic E-state index is 7.57. The number of hydrogen-bond acceptors (Lipinski definition) is 7. The topological polar surface area (TPSA) is 122 Å². The first-order valence-electron chi connectivity index (χ1n) is 6.58. The molecule has 2 heterocycles. The molecule has 0 aromatic heterocycles. The number of nitrogens with two attached hydrogens (primary N) is 2. The summed E-state index contributed by atoms with van der Waals surface area (Å²) in [5, 5.41) is 7.57.